The third-order valence-electron chi connectivity index (χ3n) is 2.96. The van der Waals surface area contributed by atoms with Crippen LogP contribution in [0.1, 0.15) is 11.1 Å². The number of hydrogen-bond donors (Lipinski definition) is 1. The summed E-state index contributed by atoms with van der Waals surface area (Å²) < 4.78 is 24.8. The SMILES string of the molecule is Cc1cccc(S(=O)(=O)Cc2ccc(Cl)c(Cl)c2)c1N. The number of benzene rings is 2. The van der Waals surface area contributed by atoms with Gasteiger partial charge in [-0.25, -0.2) is 8.42 Å². The van der Waals surface area contributed by atoms with Crippen LogP contribution < -0.4 is 5.73 Å². The molecule has 0 aromatic heterocycles. The quantitative estimate of drug-likeness (QED) is 0.870. The molecule has 2 aromatic rings. The van der Waals surface area contributed by atoms with Gasteiger partial charge in [-0.2, -0.15) is 0 Å². The summed E-state index contributed by atoms with van der Waals surface area (Å²) in [6, 6.07) is 9.72. The Morgan fingerprint density at radius 2 is 1.80 bits per heavy atom. The van der Waals surface area contributed by atoms with E-state index in [0.717, 1.165) is 5.56 Å². The third kappa shape index (κ3) is 3.08. The highest BCUT2D eigenvalue weighted by atomic mass is 35.5. The molecular weight excluding hydrogens is 317 g/mol. The van der Waals surface area contributed by atoms with Crippen LogP contribution in [0.2, 0.25) is 10.0 Å². The second-order valence-electron chi connectivity index (χ2n) is 4.49. The molecule has 2 aromatic carbocycles. The van der Waals surface area contributed by atoms with Crippen molar-refractivity contribution < 1.29 is 8.42 Å². The monoisotopic (exact) mass is 329 g/mol. The molecule has 0 bridgehead atoms. The Bertz CT molecular complexity index is 758. The fraction of sp³-hybridized carbons (Fsp3) is 0.143. The highest BCUT2D eigenvalue weighted by Gasteiger charge is 2.19. The van der Waals surface area contributed by atoms with E-state index in [9.17, 15) is 8.42 Å². The lowest BCUT2D eigenvalue weighted by molar-refractivity contribution is 0.595. The molecule has 0 heterocycles. The third-order valence-corrected chi connectivity index (χ3v) is 5.44. The van der Waals surface area contributed by atoms with Crippen LogP contribution in [0.3, 0.4) is 0 Å². The molecule has 6 heteroatoms. The Hall–Kier alpha value is -1.23. The normalized spacial score (nSPS) is 11.6. The van der Waals surface area contributed by atoms with Gasteiger partial charge >= 0.3 is 0 Å². The Morgan fingerprint density at radius 3 is 2.45 bits per heavy atom. The van der Waals surface area contributed by atoms with Gasteiger partial charge in [-0.05, 0) is 36.2 Å². The molecule has 3 nitrogen and oxygen atoms in total. The summed E-state index contributed by atoms with van der Waals surface area (Å²) >= 11 is 11.7. The lowest BCUT2D eigenvalue weighted by Gasteiger charge is -2.10. The van der Waals surface area contributed by atoms with Crippen LogP contribution in [0, 0.1) is 6.92 Å². The number of halogens is 2. The molecule has 2 rings (SSSR count). The van der Waals surface area contributed by atoms with Gasteiger partial charge in [0.25, 0.3) is 0 Å². The number of nitrogens with two attached hydrogens (primary N) is 1. The number of rotatable bonds is 3. The molecule has 0 saturated carbocycles. The van der Waals surface area contributed by atoms with Gasteiger partial charge in [-0.3, -0.25) is 0 Å². The number of hydrogen-bond acceptors (Lipinski definition) is 3. The molecule has 0 fully saturated rings. The molecule has 0 atom stereocenters. The first kappa shape index (κ1) is 15.2. The van der Waals surface area contributed by atoms with Crippen molar-refractivity contribution in [1.82, 2.24) is 0 Å². The van der Waals surface area contributed by atoms with Crippen LogP contribution in [0.4, 0.5) is 5.69 Å². The molecule has 0 radical (unpaired) electrons. The number of aryl methyl sites for hydroxylation is 1. The second-order valence-corrected chi connectivity index (χ2v) is 7.27. The summed E-state index contributed by atoms with van der Waals surface area (Å²) in [6.07, 6.45) is 0. The summed E-state index contributed by atoms with van der Waals surface area (Å²) in [5.41, 5.74) is 7.44. The van der Waals surface area contributed by atoms with Gasteiger partial charge in [-0.1, -0.05) is 41.4 Å². The van der Waals surface area contributed by atoms with E-state index in [-0.39, 0.29) is 16.3 Å². The largest absolute Gasteiger partial charge is 0.397 e. The van der Waals surface area contributed by atoms with Gasteiger partial charge in [-0.15, -0.1) is 0 Å². The van der Waals surface area contributed by atoms with Crippen molar-refractivity contribution in [1.29, 1.82) is 0 Å². The van der Waals surface area contributed by atoms with E-state index in [2.05, 4.69) is 0 Å². The first-order chi connectivity index (χ1) is 9.31. The van der Waals surface area contributed by atoms with Gasteiger partial charge < -0.3 is 5.73 Å². The number of para-hydroxylation sites is 1. The standard InChI is InChI=1S/C14H13Cl2NO2S/c1-9-3-2-4-13(14(9)17)20(18,19)8-10-5-6-11(15)12(16)7-10/h2-7H,8,17H2,1H3. The summed E-state index contributed by atoms with van der Waals surface area (Å²) in [4.78, 5) is 0.142. The van der Waals surface area contributed by atoms with Crippen molar-refractivity contribution in [2.24, 2.45) is 0 Å². The van der Waals surface area contributed by atoms with E-state index in [0.29, 0.717) is 15.6 Å². The first-order valence-electron chi connectivity index (χ1n) is 5.83. The van der Waals surface area contributed by atoms with Crippen LogP contribution in [-0.4, -0.2) is 8.42 Å². The van der Waals surface area contributed by atoms with Gasteiger partial charge in [0.15, 0.2) is 9.84 Å². The van der Waals surface area contributed by atoms with Crippen molar-refractivity contribution in [2.45, 2.75) is 17.6 Å². The second kappa shape index (κ2) is 5.64. The van der Waals surface area contributed by atoms with E-state index in [1.54, 1.807) is 37.3 Å². The maximum Gasteiger partial charge on any atom is 0.184 e. The summed E-state index contributed by atoms with van der Waals surface area (Å²) in [5.74, 6) is -0.169. The molecule has 0 spiro atoms. The summed E-state index contributed by atoms with van der Waals surface area (Å²) in [5, 5.41) is 0.722. The molecule has 2 N–H and O–H groups in total. The Labute approximate surface area is 128 Å². The lowest BCUT2D eigenvalue weighted by atomic mass is 10.2. The molecule has 0 aliphatic heterocycles. The molecule has 0 amide bonds. The van der Waals surface area contributed by atoms with Crippen molar-refractivity contribution >= 4 is 38.7 Å². The maximum atomic E-state index is 12.4. The Morgan fingerprint density at radius 1 is 1.10 bits per heavy atom. The van der Waals surface area contributed by atoms with Crippen molar-refractivity contribution in [3.05, 3.63) is 57.6 Å². The first-order valence-corrected chi connectivity index (χ1v) is 8.24. The van der Waals surface area contributed by atoms with Crippen LogP contribution in [0.25, 0.3) is 0 Å². The van der Waals surface area contributed by atoms with Crippen LogP contribution in [-0.2, 0) is 15.6 Å². The van der Waals surface area contributed by atoms with Crippen LogP contribution >= 0.6 is 23.2 Å². The zero-order valence-corrected chi connectivity index (χ0v) is 13.1. The summed E-state index contributed by atoms with van der Waals surface area (Å²) in [6.45, 7) is 1.77. The minimum absolute atomic E-state index is 0.142. The van der Waals surface area contributed by atoms with E-state index < -0.39 is 9.84 Å². The maximum absolute atomic E-state index is 12.4. The molecule has 0 aliphatic rings. The number of sulfone groups is 1. The molecule has 20 heavy (non-hydrogen) atoms. The predicted molar refractivity (Wildman–Crippen MR) is 82.9 cm³/mol. The van der Waals surface area contributed by atoms with E-state index in [1.165, 1.54) is 6.07 Å². The van der Waals surface area contributed by atoms with Gasteiger partial charge in [0, 0.05) is 0 Å². The van der Waals surface area contributed by atoms with Crippen molar-refractivity contribution in [3.63, 3.8) is 0 Å². The lowest BCUT2D eigenvalue weighted by Crippen LogP contribution is -2.08. The zero-order chi connectivity index (χ0) is 14.9. The fourth-order valence-corrected chi connectivity index (χ4v) is 3.73. The smallest absolute Gasteiger partial charge is 0.184 e. The highest BCUT2D eigenvalue weighted by molar-refractivity contribution is 7.90. The molecule has 0 unspecified atom stereocenters. The van der Waals surface area contributed by atoms with E-state index >= 15 is 0 Å². The minimum Gasteiger partial charge on any atom is -0.397 e. The van der Waals surface area contributed by atoms with E-state index in [4.69, 9.17) is 28.9 Å². The average molecular weight is 330 g/mol. The number of nitrogen functional groups attached to an aromatic ring is 1. The van der Waals surface area contributed by atoms with Crippen molar-refractivity contribution in [3.8, 4) is 0 Å². The molecule has 0 aliphatic carbocycles. The van der Waals surface area contributed by atoms with Gasteiger partial charge in [0.1, 0.15) is 0 Å². The summed E-state index contributed by atoms with van der Waals surface area (Å²) in [7, 11) is -3.52. The fourth-order valence-electron chi connectivity index (χ4n) is 1.85. The Kier molecular flexibility index (Phi) is 4.28. The molecule has 0 saturated heterocycles. The van der Waals surface area contributed by atoms with Crippen molar-refractivity contribution in [2.75, 3.05) is 5.73 Å². The topological polar surface area (TPSA) is 60.2 Å². The average Bonchev–Trinajstić information content (AvgIpc) is 2.36. The van der Waals surface area contributed by atoms with Gasteiger partial charge in [0.05, 0.1) is 26.4 Å². The van der Waals surface area contributed by atoms with Gasteiger partial charge in [0.2, 0.25) is 0 Å². The van der Waals surface area contributed by atoms with Crippen LogP contribution in [0.15, 0.2) is 41.3 Å². The number of anilines is 1. The van der Waals surface area contributed by atoms with Crippen LogP contribution in [0.5, 0.6) is 0 Å². The van der Waals surface area contributed by atoms with E-state index in [1.807, 2.05) is 0 Å². The Balaban J connectivity index is 2.41. The predicted octanol–water partition coefficient (Wildman–Crippen LogP) is 3.86. The minimum atomic E-state index is -3.52. The molecular formula is C14H13Cl2NO2S. The highest BCUT2D eigenvalue weighted by Crippen LogP contribution is 2.28. The molecule has 106 valence electrons. The zero-order valence-electron chi connectivity index (χ0n) is 10.7.